The number of hydrogen-bond donors (Lipinski definition) is 0. The van der Waals surface area contributed by atoms with E-state index in [9.17, 15) is 0 Å². The molecule has 8 rings (SSSR count). The minimum atomic E-state index is -0.256. The topological polar surface area (TPSA) is 38.7 Å². The van der Waals surface area contributed by atoms with Crippen molar-refractivity contribution in [2.75, 3.05) is 0 Å². The van der Waals surface area contributed by atoms with Crippen LogP contribution in [0.4, 0.5) is 0 Å². The molecule has 3 nitrogen and oxygen atoms in total. The van der Waals surface area contributed by atoms with Gasteiger partial charge in [0, 0.05) is 22.1 Å². The smallest absolute Gasteiger partial charge is 0.164 e. The van der Waals surface area contributed by atoms with Crippen molar-refractivity contribution in [1.29, 1.82) is 0 Å². The summed E-state index contributed by atoms with van der Waals surface area (Å²) in [4.78, 5) is 15.5. The van der Waals surface area contributed by atoms with Gasteiger partial charge in [0.05, 0.1) is 0 Å². The van der Waals surface area contributed by atoms with Crippen molar-refractivity contribution in [2.45, 2.75) is 19.3 Å². The molecule has 6 aromatic carbocycles. The second-order valence-corrected chi connectivity index (χ2v) is 12.1. The lowest BCUT2D eigenvalue weighted by Gasteiger charge is -2.24. The second-order valence-electron chi connectivity index (χ2n) is 12.1. The quantitative estimate of drug-likeness (QED) is 0.204. The molecule has 214 valence electrons. The van der Waals surface area contributed by atoms with Crippen molar-refractivity contribution in [3.05, 3.63) is 163 Å². The molecular weight excluding hydrogens is 546 g/mol. The average molecular weight is 578 g/mol. The largest absolute Gasteiger partial charge is 0.208 e. The fourth-order valence-corrected chi connectivity index (χ4v) is 6.76. The number of nitrogens with zero attached hydrogens (tertiary/aromatic N) is 3. The first-order valence-electron chi connectivity index (χ1n) is 15.4. The summed E-state index contributed by atoms with van der Waals surface area (Å²) in [6.45, 7) is 4.64. The summed E-state index contributed by atoms with van der Waals surface area (Å²) >= 11 is 0. The minimum absolute atomic E-state index is 0.256. The highest BCUT2D eigenvalue weighted by Gasteiger charge is 2.38. The van der Waals surface area contributed by atoms with Crippen LogP contribution in [0.2, 0.25) is 0 Å². The van der Waals surface area contributed by atoms with Crippen LogP contribution >= 0.6 is 0 Å². The minimum Gasteiger partial charge on any atom is -0.208 e. The molecule has 0 N–H and O–H groups in total. The lowest BCUT2D eigenvalue weighted by atomic mass is 9.79. The van der Waals surface area contributed by atoms with Crippen molar-refractivity contribution in [2.24, 2.45) is 0 Å². The molecule has 0 bridgehead atoms. The van der Waals surface area contributed by atoms with Gasteiger partial charge in [-0.05, 0) is 50.6 Å². The van der Waals surface area contributed by atoms with Crippen LogP contribution in [-0.4, -0.2) is 15.0 Å². The Morgan fingerprint density at radius 1 is 0.356 bits per heavy atom. The molecule has 0 radical (unpaired) electrons. The van der Waals surface area contributed by atoms with E-state index in [-0.39, 0.29) is 5.41 Å². The van der Waals surface area contributed by atoms with Crippen LogP contribution in [0.25, 0.3) is 67.5 Å². The molecule has 45 heavy (non-hydrogen) atoms. The highest BCUT2D eigenvalue weighted by atomic mass is 15.0. The highest BCUT2D eigenvalue weighted by Crippen LogP contribution is 2.52. The van der Waals surface area contributed by atoms with Crippen molar-refractivity contribution >= 4 is 0 Å². The molecular formula is C42H31N3. The van der Waals surface area contributed by atoms with Crippen LogP contribution in [0, 0.1) is 0 Å². The van der Waals surface area contributed by atoms with Crippen molar-refractivity contribution in [3.8, 4) is 67.5 Å². The summed E-state index contributed by atoms with van der Waals surface area (Å²) in [5.74, 6) is 2.01. The van der Waals surface area contributed by atoms with Crippen molar-refractivity contribution in [1.82, 2.24) is 15.0 Å². The highest BCUT2D eigenvalue weighted by molar-refractivity contribution is 5.89. The van der Waals surface area contributed by atoms with E-state index in [1.165, 1.54) is 33.4 Å². The number of rotatable bonds is 5. The number of aromatic nitrogens is 3. The maximum Gasteiger partial charge on any atom is 0.164 e. The van der Waals surface area contributed by atoms with Crippen LogP contribution in [0.3, 0.4) is 0 Å². The van der Waals surface area contributed by atoms with E-state index in [4.69, 9.17) is 15.0 Å². The van der Waals surface area contributed by atoms with Crippen LogP contribution in [-0.2, 0) is 5.41 Å². The van der Waals surface area contributed by atoms with Crippen LogP contribution in [0.15, 0.2) is 152 Å². The predicted octanol–water partition coefficient (Wildman–Crippen LogP) is 10.5. The molecule has 1 aliphatic carbocycles. The third-order valence-corrected chi connectivity index (χ3v) is 8.94. The Bertz CT molecular complexity index is 2170. The first kappa shape index (κ1) is 26.9. The zero-order valence-corrected chi connectivity index (χ0v) is 25.3. The number of hydrogen-bond acceptors (Lipinski definition) is 3. The summed E-state index contributed by atoms with van der Waals surface area (Å²) < 4.78 is 0. The molecule has 0 saturated carbocycles. The summed E-state index contributed by atoms with van der Waals surface area (Å²) in [5, 5.41) is 0. The van der Waals surface area contributed by atoms with E-state index in [0.29, 0.717) is 17.5 Å². The predicted molar refractivity (Wildman–Crippen MR) is 185 cm³/mol. The van der Waals surface area contributed by atoms with Gasteiger partial charge in [-0.2, -0.15) is 0 Å². The maximum atomic E-state index is 5.23. The number of benzene rings is 6. The third kappa shape index (κ3) is 4.65. The van der Waals surface area contributed by atoms with Crippen LogP contribution in [0.1, 0.15) is 25.0 Å². The summed E-state index contributed by atoms with van der Waals surface area (Å²) in [6.07, 6.45) is 0. The molecule has 0 fully saturated rings. The zero-order chi connectivity index (χ0) is 30.4. The van der Waals surface area contributed by atoms with Crippen molar-refractivity contribution < 1.29 is 0 Å². The average Bonchev–Trinajstić information content (AvgIpc) is 3.35. The molecule has 1 heterocycles. The Hall–Kier alpha value is -5.67. The van der Waals surface area contributed by atoms with E-state index < -0.39 is 0 Å². The Kier molecular flexibility index (Phi) is 6.46. The maximum absolute atomic E-state index is 5.23. The van der Waals surface area contributed by atoms with E-state index in [0.717, 1.165) is 27.8 Å². The number of fused-ring (bicyclic) bond motifs is 3. The van der Waals surface area contributed by atoms with Gasteiger partial charge >= 0.3 is 0 Å². The molecule has 0 unspecified atom stereocenters. The Labute approximate surface area is 264 Å². The van der Waals surface area contributed by atoms with E-state index in [1.807, 2.05) is 24.3 Å². The van der Waals surface area contributed by atoms with Gasteiger partial charge in [0.25, 0.3) is 0 Å². The third-order valence-electron chi connectivity index (χ3n) is 8.94. The SMILES string of the molecule is CC1(C)c2cc(-c3ccccc3)ccc2-c2cccc(-c3nc(-c4ccccc4)nc(-c4ccccc4-c4ccccc4)n3)c21. The van der Waals surface area contributed by atoms with Gasteiger partial charge in [0.1, 0.15) is 0 Å². The molecule has 0 spiro atoms. The second kappa shape index (κ2) is 10.8. The normalized spacial score (nSPS) is 12.8. The summed E-state index contributed by atoms with van der Waals surface area (Å²) in [5.41, 5.74) is 12.5. The van der Waals surface area contributed by atoms with Crippen LogP contribution < -0.4 is 0 Å². The van der Waals surface area contributed by atoms with E-state index in [1.54, 1.807) is 0 Å². The van der Waals surface area contributed by atoms with E-state index >= 15 is 0 Å². The summed E-state index contributed by atoms with van der Waals surface area (Å²) in [7, 11) is 0. The van der Waals surface area contributed by atoms with Gasteiger partial charge in [-0.25, -0.2) is 15.0 Å². The molecule has 0 aliphatic heterocycles. The first-order valence-corrected chi connectivity index (χ1v) is 15.4. The Morgan fingerprint density at radius 2 is 0.867 bits per heavy atom. The fourth-order valence-electron chi connectivity index (χ4n) is 6.76. The summed E-state index contributed by atoms with van der Waals surface area (Å²) in [6, 6.07) is 53.0. The fraction of sp³-hybridized carbons (Fsp3) is 0.0714. The standard InChI is InChI=1S/C42H31N3/c1-42(2)37-27-31(28-15-6-3-7-16-28)25-26-33(37)34-23-14-24-36(38(34)42)41-44-39(30-19-10-5-11-20-30)43-40(45-41)35-22-13-12-21-32(35)29-17-8-4-9-18-29/h3-27H,1-2H3. The van der Waals surface area contributed by atoms with Gasteiger partial charge in [0.15, 0.2) is 17.5 Å². The Balaban J connectivity index is 1.33. The first-order chi connectivity index (χ1) is 22.1. The van der Waals surface area contributed by atoms with Gasteiger partial charge in [-0.15, -0.1) is 0 Å². The van der Waals surface area contributed by atoms with E-state index in [2.05, 4.69) is 141 Å². The van der Waals surface area contributed by atoms with Gasteiger partial charge in [0.2, 0.25) is 0 Å². The molecule has 1 aromatic heterocycles. The van der Waals surface area contributed by atoms with Gasteiger partial charge in [-0.1, -0.05) is 159 Å². The molecule has 0 atom stereocenters. The zero-order valence-electron chi connectivity index (χ0n) is 25.3. The van der Waals surface area contributed by atoms with Gasteiger partial charge < -0.3 is 0 Å². The van der Waals surface area contributed by atoms with Crippen molar-refractivity contribution in [3.63, 3.8) is 0 Å². The van der Waals surface area contributed by atoms with Gasteiger partial charge in [-0.3, -0.25) is 0 Å². The molecule has 1 aliphatic rings. The molecule has 7 aromatic rings. The lowest BCUT2D eigenvalue weighted by Crippen LogP contribution is -2.17. The lowest BCUT2D eigenvalue weighted by molar-refractivity contribution is 0.661. The monoisotopic (exact) mass is 577 g/mol. The Morgan fingerprint density at radius 3 is 1.56 bits per heavy atom. The molecule has 0 amide bonds. The molecule has 0 saturated heterocycles. The molecule has 3 heteroatoms. The van der Waals surface area contributed by atoms with Crippen LogP contribution in [0.5, 0.6) is 0 Å².